The summed E-state index contributed by atoms with van der Waals surface area (Å²) in [5, 5.41) is 20.4. The van der Waals surface area contributed by atoms with Crippen LogP contribution >= 0.6 is 11.3 Å². The van der Waals surface area contributed by atoms with E-state index in [1.54, 1.807) is 0 Å². The maximum Gasteiger partial charge on any atom is 0.434 e. The molecule has 46 heavy (non-hydrogen) atoms. The van der Waals surface area contributed by atoms with Gasteiger partial charge in [-0.25, -0.2) is 19.2 Å². The summed E-state index contributed by atoms with van der Waals surface area (Å²) in [5.41, 5.74) is -0.644. The molecule has 246 valence electrons. The molecule has 3 N–H and O–H groups in total. The van der Waals surface area contributed by atoms with Crippen LogP contribution in [0.2, 0.25) is 0 Å². The minimum atomic E-state index is -0.959. The molecule has 0 radical (unpaired) electrons. The van der Waals surface area contributed by atoms with Crippen molar-refractivity contribution in [2.24, 2.45) is 0 Å². The Balaban J connectivity index is 1.24. The molecule has 1 saturated heterocycles. The van der Waals surface area contributed by atoms with Crippen LogP contribution in [0.5, 0.6) is 0 Å². The normalized spacial score (nSPS) is 19.1. The van der Waals surface area contributed by atoms with Gasteiger partial charge in [-0.15, -0.1) is 11.3 Å². The van der Waals surface area contributed by atoms with E-state index < -0.39 is 35.2 Å². The molecule has 5 rings (SSSR count). The number of nitrogens with zero attached hydrogens (tertiary/aromatic N) is 5. The Morgan fingerprint density at radius 3 is 2.72 bits per heavy atom. The maximum absolute atomic E-state index is 14.6. The van der Waals surface area contributed by atoms with E-state index in [1.807, 2.05) is 6.92 Å². The molecule has 2 aliphatic rings. The average molecular weight is 659 g/mol. The predicted octanol–water partition coefficient (Wildman–Crippen LogP) is 3.57. The summed E-state index contributed by atoms with van der Waals surface area (Å²) >= 11 is 1.15. The number of aromatic nitrogens is 4. The average Bonchev–Trinajstić information content (AvgIpc) is 3.76. The van der Waals surface area contributed by atoms with Crippen molar-refractivity contribution >= 4 is 29.0 Å². The van der Waals surface area contributed by atoms with Gasteiger partial charge in [0.2, 0.25) is 5.95 Å². The standard InChI is InChI=1S/C30H36F2N8O5S/c1-2-44-21-5-3-20(4-6-21)34-16-23(26(33)27-22(31)7-8-25(32)38-27)36-28(41)24-18-46-29(37-24)19-15-35-40(17-19)30(42)45-14-11-39-9-12-43-13-10-39/h7-8,15-18,20-21,33-34H,2-6,9-14H2,1H3,(H,36,41)/b23-16+,33-26?/t20-,21-. The van der Waals surface area contributed by atoms with Gasteiger partial charge in [-0.2, -0.15) is 14.2 Å². The summed E-state index contributed by atoms with van der Waals surface area (Å²) in [6.45, 7) is 6.27. The van der Waals surface area contributed by atoms with Crippen LogP contribution in [0.3, 0.4) is 0 Å². The molecule has 1 aliphatic carbocycles. The highest BCUT2D eigenvalue weighted by Crippen LogP contribution is 2.24. The Hall–Kier alpha value is -4.12. The fourth-order valence-corrected chi connectivity index (χ4v) is 5.88. The molecule has 13 nitrogen and oxygen atoms in total. The van der Waals surface area contributed by atoms with E-state index in [0.717, 1.165) is 66.9 Å². The van der Waals surface area contributed by atoms with Crippen molar-refractivity contribution < 1.29 is 32.6 Å². The van der Waals surface area contributed by atoms with E-state index in [-0.39, 0.29) is 30.1 Å². The van der Waals surface area contributed by atoms with Crippen LogP contribution in [0.15, 0.2) is 41.8 Å². The number of rotatable bonds is 12. The first-order valence-electron chi connectivity index (χ1n) is 15.1. The Bertz CT molecular complexity index is 1550. The van der Waals surface area contributed by atoms with Gasteiger partial charge in [0.25, 0.3) is 5.91 Å². The molecular weight excluding hydrogens is 622 g/mol. The van der Waals surface area contributed by atoms with Crippen LogP contribution in [0.4, 0.5) is 13.6 Å². The molecule has 3 aromatic heterocycles. The summed E-state index contributed by atoms with van der Waals surface area (Å²) in [6.07, 6.45) is 7.16. The Labute approximate surface area is 268 Å². The monoisotopic (exact) mass is 658 g/mol. The molecule has 4 heterocycles. The van der Waals surface area contributed by atoms with Crippen LogP contribution in [-0.2, 0) is 14.2 Å². The number of carbonyl (C=O) groups is 2. The first-order valence-corrected chi connectivity index (χ1v) is 16.0. The zero-order valence-electron chi connectivity index (χ0n) is 25.3. The first kappa shape index (κ1) is 33.2. The maximum atomic E-state index is 14.6. The number of carbonyl (C=O) groups excluding carboxylic acids is 2. The lowest BCUT2D eigenvalue weighted by Crippen LogP contribution is -2.38. The highest BCUT2D eigenvalue weighted by Gasteiger charge is 2.24. The number of thiazole rings is 1. The van der Waals surface area contributed by atoms with E-state index >= 15 is 0 Å². The van der Waals surface area contributed by atoms with Gasteiger partial charge in [0, 0.05) is 55.6 Å². The quantitative estimate of drug-likeness (QED) is 0.194. The molecule has 1 amide bonds. The zero-order valence-corrected chi connectivity index (χ0v) is 26.2. The molecule has 0 spiro atoms. The number of allylic oxidation sites excluding steroid dienone is 1. The number of nitrogens with one attached hydrogen (secondary N) is 3. The second kappa shape index (κ2) is 15.9. The molecule has 0 bridgehead atoms. The Morgan fingerprint density at radius 1 is 1.17 bits per heavy atom. The van der Waals surface area contributed by atoms with E-state index in [1.165, 1.54) is 24.0 Å². The van der Waals surface area contributed by atoms with Crippen molar-refractivity contribution in [3.63, 3.8) is 0 Å². The van der Waals surface area contributed by atoms with E-state index in [4.69, 9.17) is 19.6 Å². The number of morpholine rings is 1. The van der Waals surface area contributed by atoms with Gasteiger partial charge in [0.1, 0.15) is 28.7 Å². The molecule has 2 fully saturated rings. The minimum absolute atomic E-state index is 0.0180. The van der Waals surface area contributed by atoms with Crippen molar-refractivity contribution in [2.75, 3.05) is 46.1 Å². The third-order valence-electron chi connectivity index (χ3n) is 7.60. The van der Waals surface area contributed by atoms with E-state index in [2.05, 4.69) is 30.6 Å². The summed E-state index contributed by atoms with van der Waals surface area (Å²) in [7, 11) is 0. The predicted molar refractivity (Wildman–Crippen MR) is 165 cm³/mol. The van der Waals surface area contributed by atoms with Crippen LogP contribution in [0, 0.1) is 17.2 Å². The van der Waals surface area contributed by atoms with Crippen molar-refractivity contribution in [3.05, 3.63) is 65.0 Å². The van der Waals surface area contributed by atoms with Gasteiger partial charge in [-0.1, -0.05) is 0 Å². The van der Waals surface area contributed by atoms with Crippen LogP contribution in [0.25, 0.3) is 10.6 Å². The van der Waals surface area contributed by atoms with Gasteiger partial charge in [0.15, 0.2) is 5.82 Å². The topological polar surface area (TPSA) is 157 Å². The molecule has 0 atom stereocenters. The molecule has 0 aromatic carbocycles. The van der Waals surface area contributed by atoms with Crippen molar-refractivity contribution in [2.45, 2.75) is 44.8 Å². The minimum Gasteiger partial charge on any atom is -0.447 e. The first-order chi connectivity index (χ1) is 22.3. The smallest absolute Gasteiger partial charge is 0.434 e. The molecule has 1 saturated carbocycles. The van der Waals surface area contributed by atoms with E-state index in [0.29, 0.717) is 36.9 Å². The van der Waals surface area contributed by atoms with E-state index in [9.17, 15) is 18.4 Å². The largest absolute Gasteiger partial charge is 0.447 e. The van der Waals surface area contributed by atoms with Crippen LogP contribution < -0.4 is 10.6 Å². The lowest BCUT2D eigenvalue weighted by Gasteiger charge is -2.28. The molecule has 0 unspecified atom stereocenters. The number of halogens is 2. The van der Waals surface area contributed by atoms with Gasteiger partial charge in [0.05, 0.1) is 31.2 Å². The number of pyridine rings is 1. The lowest BCUT2D eigenvalue weighted by atomic mass is 9.93. The highest BCUT2D eigenvalue weighted by molar-refractivity contribution is 7.13. The Kier molecular flexibility index (Phi) is 11.5. The lowest BCUT2D eigenvalue weighted by molar-refractivity contribution is 0.0280. The van der Waals surface area contributed by atoms with Crippen molar-refractivity contribution in [1.82, 2.24) is 35.3 Å². The number of hydrogen-bond acceptors (Lipinski definition) is 12. The zero-order chi connectivity index (χ0) is 32.5. The molecule has 1 aliphatic heterocycles. The SMILES string of the molecule is CCO[C@H]1CC[C@H](N/C=C(/NC(=O)c2csc(-c3cnn(C(=O)OCCN4CCOCC4)c3)n2)C(=N)c2nc(F)ccc2F)CC1. The second-order valence-corrected chi connectivity index (χ2v) is 11.6. The third-order valence-corrected chi connectivity index (χ3v) is 8.49. The Morgan fingerprint density at radius 2 is 1.96 bits per heavy atom. The summed E-state index contributed by atoms with van der Waals surface area (Å²) in [5.74, 6) is -2.54. The van der Waals surface area contributed by atoms with Crippen LogP contribution in [-0.4, -0.2) is 101 Å². The van der Waals surface area contributed by atoms with Gasteiger partial charge in [-0.3, -0.25) is 15.1 Å². The third kappa shape index (κ3) is 8.78. The van der Waals surface area contributed by atoms with Gasteiger partial charge in [-0.05, 0) is 44.7 Å². The summed E-state index contributed by atoms with van der Waals surface area (Å²) in [4.78, 5) is 35.8. The number of amides is 1. The van der Waals surface area contributed by atoms with Crippen molar-refractivity contribution in [1.29, 1.82) is 5.41 Å². The fourth-order valence-electron chi connectivity index (χ4n) is 5.11. The number of ether oxygens (including phenoxy) is 3. The highest BCUT2D eigenvalue weighted by atomic mass is 32.1. The summed E-state index contributed by atoms with van der Waals surface area (Å²) in [6, 6.07) is 1.77. The second-order valence-electron chi connectivity index (χ2n) is 10.7. The van der Waals surface area contributed by atoms with Crippen LogP contribution in [0.1, 0.15) is 48.8 Å². The molecular formula is C30H36F2N8O5S. The number of hydrogen-bond donors (Lipinski definition) is 3. The van der Waals surface area contributed by atoms with Gasteiger partial charge < -0.3 is 24.8 Å². The van der Waals surface area contributed by atoms with Gasteiger partial charge >= 0.3 is 6.09 Å². The summed E-state index contributed by atoms with van der Waals surface area (Å²) < 4.78 is 45.8. The fraction of sp³-hybridized carbons (Fsp3) is 0.467. The molecule has 16 heteroatoms. The van der Waals surface area contributed by atoms with Crippen molar-refractivity contribution in [3.8, 4) is 10.6 Å². The molecule has 3 aromatic rings.